The minimum Gasteiger partial charge on any atom is -0.370 e. The summed E-state index contributed by atoms with van der Waals surface area (Å²) in [6.45, 7) is 0.237. The third-order valence-electron chi connectivity index (χ3n) is 2.38. The van der Waals surface area contributed by atoms with E-state index in [1.807, 2.05) is 0 Å². The molecule has 0 aliphatic heterocycles. The summed E-state index contributed by atoms with van der Waals surface area (Å²) in [5.74, 6) is -0.349. The zero-order chi connectivity index (χ0) is 13.8. The van der Waals surface area contributed by atoms with Crippen LogP contribution in [0.5, 0.6) is 0 Å². The Bertz CT molecular complexity index is 392. The van der Waals surface area contributed by atoms with Crippen molar-refractivity contribution >= 4 is 0 Å². The molecule has 1 unspecified atom stereocenters. The van der Waals surface area contributed by atoms with Crippen LogP contribution in [0.3, 0.4) is 0 Å². The molecule has 1 atom stereocenters. The van der Waals surface area contributed by atoms with E-state index in [0.29, 0.717) is 6.42 Å². The highest BCUT2D eigenvalue weighted by Crippen LogP contribution is 2.15. The molecule has 0 amide bonds. The van der Waals surface area contributed by atoms with Gasteiger partial charge < -0.3 is 10.5 Å². The van der Waals surface area contributed by atoms with Crippen LogP contribution in [0.15, 0.2) is 18.2 Å². The number of hydrogen-bond donors (Lipinski definition) is 1. The highest BCUT2D eigenvalue weighted by Gasteiger charge is 2.27. The van der Waals surface area contributed by atoms with E-state index < -0.39 is 18.8 Å². The fourth-order valence-electron chi connectivity index (χ4n) is 1.56. The van der Waals surface area contributed by atoms with Crippen LogP contribution in [-0.4, -0.2) is 25.4 Å². The zero-order valence-corrected chi connectivity index (χ0v) is 9.93. The van der Waals surface area contributed by atoms with E-state index in [9.17, 15) is 17.6 Å². The zero-order valence-electron chi connectivity index (χ0n) is 9.93. The molecule has 0 saturated heterocycles. The van der Waals surface area contributed by atoms with Crippen molar-refractivity contribution in [1.82, 2.24) is 0 Å². The molecular formula is C12H15F4NO. The second kappa shape index (κ2) is 6.15. The molecule has 2 N–H and O–H groups in total. The maximum atomic E-state index is 12.8. The van der Waals surface area contributed by atoms with E-state index in [1.165, 1.54) is 12.1 Å². The van der Waals surface area contributed by atoms with Crippen molar-refractivity contribution in [2.24, 2.45) is 5.73 Å². The van der Waals surface area contributed by atoms with Crippen LogP contribution in [-0.2, 0) is 11.2 Å². The molecule has 102 valence electrons. The Morgan fingerprint density at radius 3 is 2.56 bits per heavy atom. The van der Waals surface area contributed by atoms with Crippen LogP contribution < -0.4 is 5.73 Å². The van der Waals surface area contributed by atoms with E-state index in [2.05, 4.69) is 4.74 Å². The van der Waals surface area contributed by atoms with Gasteiger partial charge in [0.05, 0.1) is 6.61 Å². The lowest BCUT2D eigenvalue weighted by Gasteiger charge is -2.14. The van der Waals surface area contributed by atoms with Gasteiger partial charge in [0.1, 0.15) is 12.4 Å². The average molecular weight is 265 g/mol. The molecule has 0 spiro atoms. The van der Waals surface area contributed by atoms with Gasteiger partial charge in [-0.2, -0.15) is 13.2 Å². The first-order valence-corrected chi connectivity index (χ1v) is 5.43. The molecule has 1 rings (SSSR count). The molecule has 0 heterocycles. The summed E-state index contributed by atoms with van der Waals surface area (Å²) < 4.78 is 52.8. The fraction of sp³-hybridized carbons (Fsp3) is 0.500. The predicted octanol–water partition coefficient (Wildman–Crippen LogP) is 2.58. The van der Waals surface area contributed by atoms with E-state index in [4.69, 9.17) is 5.73 Å². The van der Waals surface area contributed by atoms with Crippen molar-refractivity contribution < 1.29 is 22.3 Å². The van der Waals surface area contributed by atoms with Crippen molar-refractivity contribution in [3.8, 4) is 0 Å². The SMILES string of the molecule is Cc1cc(F)ccc1CC(N)COCC(F)(F)F. The number of nitrogens with two attached hydrogens (primary N) is 1. The van der Waals surface area contributed by atoms with Gasteiger partial charge >= 0.3 is 6.18 Å². The number of benzene rings is 1. The molecule has 0 aliphatic rings. The van der Waals surface area contributed by atoms with E-state index in [0.717, 1.165) is 11.1 Å². The highest BCUT2D eigenvalue weighted by atomic mass is 19.4. The standard InChI is InChI=1S/C12H15F4NO/c1-8-4-10(13)3-2-9(8)5-11(17)6-18-7-12(14,15)16/h2-4,11H,5-7,17H2,1H3. The average Bonchev–Trinajstić information content (AvgIpc) is 2.20. The number of hydrogen-bond acceptors (Lipinski definition) is 2. The Morgan fingerprint density at radius 2 is 2.00 bits per heavy atom. The first kappa shape index (κ1) is 14.9. The molecule has 6 heteroatoms. The minimum absolute atomic E-state index is 0.184. The Hall–Kier alpha value is -1.14. The number of halogens is 4. The van der Waals surface area contributed by atoms with Crippen LogP contribution in [0.2, 0.25) is 0 Å². The van der Waals surface area contributed by atoms with Gasteiger partial charge in [-0.3, -0.25) is 0 Å². The molecule has 2 nitrogen and oxygen atoms in total. The lowest BCUT2D eigenvalue weighted by atomic mass is 10.0. The molecule has 0 aliphatic carbocycles. The molecular weight excluding hydrogens is 250 g/mol. The predicted molar refractivity (Wildman–Crippen MR) is 59.7 cm³/mol. The van der Waals surface area contributed by atoms with E-state index in [-0.39, 0.29) is 12.4 Å². The lowest BCUT2D eigenvalue weighted by molar-refractivity contribution is -0.174. The minimum atomic E-state index is -4.34. The third-order valence-corrected chi connectivity index (χ3v) is 2.38. The molecule has 0 bridgehead atoms. The number of alkyl halides is 3. The maximum Gasteiger partial charge on any atom is 0.411 e. The lowest BCUT2D eigenvalue weighted by Crippen LogP contribution is -2.31. The van der Waals surface area contributed by atoms with E-state index >= 15 is 0 Å². The summed E-state index contributed by atoms with van der Waals surface area (Å²) in [7, 11) is 0. The first-order valence-electron chi connectivity index (χ1n) is 5.43. The number of rotatable bonds is 5. The van der Waals surface area contributed by atoms with Gasteiger partial charge in [-0.05, 0) is 36.6 Å². The van der Waals surface area contributed by atoms with Gasteiger partial charge in [0, 0.05) is 6.04 Å². The van der Waals surface area contributed by atoms with Crippen LogP contribution >= 0.6 is 0 Å². The first-order chi connectivity index (χ1) is 8.28. The largest absolute Gasteiger partial charge is 0.411 e. The Balaban J connectivity index is 2.42. The van der Waals surface area contributed by atoms with Crippen molar-refractivity contribution in [3.63, 3.8) is 0 Å². The topological polar surface area (TPSA) is 35.2 Å². The molecule has 18 heavy (non-hydrogen) atoms. The summed E-state index contributed by atoms with van der Waals surface area (Å²) in [5.41, 5.74) is 7.18. The maximum absolute atomic E-state index is 12.8. The van der Waals surface area contributed by atoms with Crippen LogP contribution in [0.1, 0.15) is 11.1 Å². The van der Waals surface area contributed by atoms with Crippen molar-refractivity contribution in [3.05, 3.63) is 35.1 Å². The second-order valence-electron chi connectivity index (χ2n) is 4.17. The third kappa shape index (κ3) is 5.46. The Morgan fingerprint density at radius 1 is 1.33 bits per heavy atom. The summed E-state index contributed by atoms with van der Waals surface area (Å²) in [6.07, 6.45) is -3.99. The monoisotopic (exact) mass is 265 g/mol. The van der Waals surface area contributed by atoms with Gasteiger partial charge in [0.25, 0.3) is 0 Å². The quantitative estimate of drug-likeness (QED) is 0.830. The van der Waals surface area contributed by atoms with Crippen molar-refractivity contribution in [2.75, 3.05) is 13.2 Å². The van der Waals surface area contributed by atoms with Crippen LogP contribution in [0.25, 0.3) is 0 Å². The van der Waals surface area contributed by atoms with Crippen LogP contribution in [0, 0.1) is 12.7 Å². The number of aryl methyl sites for hydroxylation is 1. The van der Waals surface area contributed by atoms with Crippen molar-refractivity contribution in [1.29, 1.82) is 0 Å². The Kier molecular flexibility index (Phi) is 5.10. The van der Waals surface area contributed by atoms with Gasteiger partial charge in [-0.1, -0.05) is 6.07 Å². The van der Waals surface area contributed by atoms with Gasteiger partial charge in [0.15, 0.2) is 0 Å². The van der Waals surface area contributed by atoms with E-state index in [1.54, 1.807) is 13.0 Å². The number of ether oxygens (including phenoxy) is 1. The smallest absolute Gasteiger partial charge is 0.370 e. The highest BCUT2D eigenvalue weighted by molar-refractivity contribution is 5.27. The summed E-state index contributed by atoms with van der Waals surface area (Å²) in [6, 6.07) is 3.69. The second-order valence-corrected chi connectivity index (χ2v) is 4.17. The van der Waals surface area contributed by atoms with Gasteiger partial charge in [-0.25, -0.2) is 4.39 Å². The molecule has 0 radical (unpaired) electrons. The Labute approximate surface area is 103 Å². The summed E-state index contributed by atoms with van der Waals surface area (Å²) in [5, 5.41) is 0. The summed E-state index contributed by atoms with van der Waals surface area (Å²) in [4.78, 5) is 0. The molecule has 1 aromatic rings. The van der Waals surface area contributed by atoms with Crippen LogP contribution in [0.4, 0.5) is 17.6 Å². The molecule has 0 aromatic heterocycles. The van der Waals surface area contributed by atoms with Gasteiger partial charge in [0.2, 0.25) is 0 Å². The normalized spacial score (nSPS) is 13.7. The summed E-state index contributed by atoms with van der Waals surface area (Å²) >= 11 is 0. The molecule has 1 aromatic carbocycles. The molecule has 0 saturated carbocycles. The van der Waals surface area contributed by atoms with Crippen molar-refractivity contribution in [2.45, 2.75) is 25.6 Å². The fourth-order valence-corrected chi connectivity index (χ4v) is 1.56. The molecule has 0 fully saturated rings. The van der Waals surface area contributed by atoms with Gasteiger partial charge in [-0.15, -0.1) is 0 Å².